The third-order valence-electron chi connectivity index (χ3n) is 7.66. The maximum atomic E-state index is 12.8. The number of carbonyl (C=O) groups is 2. The highest BCUT2D eigenvalue weighted by molar-refractivity contribution is 7.80. The molecule has 1 aliphatic heterocycles. The zero-order chi connectivity index (χ0) is 34.2. The van der Waals surface area contributed by atoms with E-state index >= 15 is 0 Å². The van der Waals surface area contributed by atoms with Crippen LogP contribution in [0.15, 0.2) is 95.2 Å². The number of benzene rings is 3. The number of esters is 1. The van der Waals surface area contributed by atoms with Crippen LogP contribution in [0.25, 0.3) is 5.69 Å². The fourth-order valence-electron chi connectivity index (χ4n) is 5.39. The van der Waals surface area contributed by atoms with Gasteiger partial charge in [-0.3, -0.25) is 4.79 Å². The fourth-order valence-corrected chi connectivity index (χ4v) is 5.85. The molecule has 1 aromatic heterocycles. The Morgan fingerprint density at radius 2 is 1.75 bits per heavy atom. The third-order valence-corrected chi connectivity index (χ3v) is 8.25. The number of thiocarbonyl (C=S) groups is 1. The predicted octanol–water partition coefficient (Wildman–Crippen LogP) is 6.21. The molecule has 0 spiro atoms. The Kier molecular flexibility index (Phi) is 11.1. The van der Waals surface area contributed by atoms with Crippen LogP contribution in [-0.2, 0) is 20.9 Å². The molecule has 0 aliphatic carbocycles. The Labute approximate surface area is 289 Å². The van der Waals surface area contributed by atoms with Crippen LogP contribution in [0, 0.1) is 13.8 Å². The summed E-state index contributed by atoms with van der Waals surface area (Å²) in [5.74, 6) is 0.224. The number of hydrogen-bond donors (Lipinski definition) is 3. The molecule has 10 nitrogen and oxygen atoms in total. The standard InChI is InChI=1S/C36H36ClN5O5S/c1-5-45-35(44)33-23(3)39-36(48)40-34(33)29-11-7-9-13-31(29)47-21-32(43)41-38-19-26-18-22(2)42(24(26)4)27-14-16-28(17-15-27)46-20-25-10-6-8-12-30(25)37/h6-19,34H,5,20-21H2,1-4H3,(H,41,43)(H2,39,40,48)/t34-/m0/s1. The summed E-state index contributed by atoms with van der Waals surface area (Å²) in [5.41, 5.74) is 8.81. The number of carbonyl (C=O) groups excluding carboxylic acids is 2. The Balaban J connectivity index is 1.20. The summed E-state index contributed by atoms with van der Waals surface area (Å²) in [5, 5.41) is 11.3. The van der Waals surface area contributed by atoms with Crippen molar-refractivity contribution < 1.29 is 23.8 Å². The van der Waals surface area contributed by atoms with Gasteiger partial charge >= 0.3 is 5.97 Å². The van der Waals surface area contributed by atoms with Crippen molar-refractivity contribution in [3.63, 3.8) is 0 Å². The first-order chi connectivity index (χ1) is 23.2. The summed E-state index contributed by atoms with van der Waals surface area (Å²) >= 11 is 11.6. The number of nitrogens with zero attached hydrogens (tertiary/aromatic N) is 2. The Bertz CT molecular complexity index is 1890. The molecule has 2 heterocycles. The van der Waals surface area contributed by atoms with Crippen LogP contribution in [0.1, 0.15) is 48.0 Å². The van der Waals surface area contributed by atoms with Crippen molar-refractivity contribution >= 4 is 47.0 Å². The van der Waals surface area contributed by atoms with Crippen molar-refractivity contribution in [2.75, 3.05) is 13.2 Å². The molecule has 0 unspecified atom stereocenters. The summed E-state index contributed by atoms with van der Waals surface area (Å²) in [6, 6.07) is 23.9. The highest BCUT2D eigenvalue weighted by Crippen LogP contribution is 2.33. The number of aryl methyl sites for hydroxylation is 1. The first-order valence-electron chi connectivity index (χ1n) is 15.3. The topological polar surface area (TPSA) is 115 Å². The molecule has 4 aromatic rings. The van der Waals surface area contributed by atoms with E-state index in [0.717, 1.165) is 34.0 Å². The molecule has 0 fully saturated rings. The molecule has 0 bridgehead atoms. The molecule has 12 heteroatoms. The number of halogens is 1. The highest BCUT2D eigenvalue weighted by Gasteiger charge is 2.32. The maximum absolute atomic E-state index is 12.8. The molecule has 1 atom stereocenters. The van der Waals surface area contributed by atoms with Crippen molar-refractivity contribution in [3.8, 4) is 17.2 Å². The normalized spacial score (nSPS) is 14.4. The van der Waals surface area contributed by atoms with Gasteiger partial charge in [0.25, 0.3) is 5.91 Å². The van der Waals surface area contributed by atoms with Gasteiger partial charge in [0.1, 0.15) is 18.1 Å². The summed E-state index contributed by atoms with van der Waals surface area (Å²) < 4.78 is 19.2. The van der Waals surface area contributed by atoms with E-state index in [-0.39, 0.29) is 13.2 Å². The van der Waals surface area contributed by atoms with E-state index in [1.54, 1.807) is 38.3 Å². The van der Waals surface area contributed by atoms with Gasteiger partial charge in [0.05, 0.1) is 24.4 Å². The van der Waals surface area contributed by atoms with E-state index in [4.69, 9.17) is 38.0 Å². The van der Waals surface area contributed by atoms with Gasteiger partial charge in [-0.25, -0.2) is 10.2 Å². The van der Waals surface area contributed by atoms with Crippen molar-refractivity contribution in [1.82, 2.24) is 20.6 Å². The molecule has 3 N–H and O–H groups in total. The van der Waals surface area contributed by atoms with Crippen LogP contribution in [-0.4, -0.2) is 41.0 Å². The second kappa shape index (κ2) is 15.6. The number of ether oxygens (including phenoxy) is 3. The Morgan fingerprint density at radius 1 is 1.02 bits per heavy atom. The second-order valence-corrected chi connectivity index (χ2v) is 11.8. The van der Waals surface area contributed by atoms with Crippen LogP contribution in [0.2, 0.25) is 5.02 Å². The predicted molar refractivity (Wildman–Crippen MR) is 190 cm³/mol. The second-order valence-electron chi connectivity index (χ2n) is 10.9. The maximum Gasteiger partial charge on any atom is 0.338 e. The molecule has 5 rings (SSSR count). The number of hydrazone groups is 1. The quantitative estimate of drug-likeness (QED) is 0.0698. The SMILES string of the molecule is CCOC(=O)C1=C(C)NC(=S)N[C@H]1c1ccccc1OCC(=O)NN=Cc1cc(C)n(-c2ccc(OCc3ccccc3Cl)cc2)c1C. The fraction of sp³-hybridized carbons (Fsp3) is 0.222. The van der Waals surface area contributed by atoms with Gasteiger partial charge in [0, 0.05) is 44.5 Å². The van der Waals surface area contributed by atoms with Gasteiger partial charge in [-0.05, 0) is 82.4 Å². The number of amides is 1. The molecule has 248 valence electrons. The Hall–Kier alpha value is -5.13. The minimum absolute atomic E-state index is 0.226. The molecule has 0 saturated carbocycles. The van der Waals surface area contributed by atoms with E-state index in [2.05, 4.69) is 25.7 Å². The molecule has 3 aromatic carbocycles. The minimum Gasteiger partial charge on any atom is -0.489 e. The average Bonchev–Trinajstić information content (AvgIpc) is 3.35. The summed E-state index contributed by atoms with van der Waals surface area (Å²) in [6.45, 7) is 7.79. The van der Waals surface area contributed by atoms with Crippen molar-refractivity contribution in [2.45, 2.75) is 40.3 Å². The van der Waals surface area contributed by atoms with Crippen LogP contribution in [0.5, 0.6) is 11.5 Å². The number of allylic oxidation sites excluding steroid dienone is 1. The highest BCUT2D eigenvalue weighted by atomic mass is 35.5. The van der Waals surface area contributed by atoms with Crippen molar-refractivity contribution in [1.29, 1.82) is 0 Å². The Morgan fingerprint density at radius 3 is 2.50 bits per heavy atom. The molecule has 1 amide bonds. The molecule has 48 heavy (non-hydrogen) atoms. The van der Waals surface area contributed by atoms with E-state index in [0.29, 0.717) is 39.3 Å². The van der Waals surface area contributed by atoms with Gasteiger partial charge in [-0.15, -0.1) is 0 Å². The molecule has 0 radical (unpaired) electrons. The lowest BCUT2D eigenvalue weighted by Gasteiger charge is -2.30. The van der Waals surface area contributed by atoms with Crippen LogP contribution in [0.4, 0.5) is 0 Å². The first-order valence-corrected chi connectivity index (χ1v) is 16.1. The summed E-state index contributed by atoms with van der Waals surface area (Å²) in [4.78, 5) is 25.5. The van der Waals surface area contributed by atoms with Crippen LogP contribution >= 0.6 is 23.8 Å². The van der Waals surface area contributed by atoms with Gasteiger partial charge < -0.3 is 29.4 Å². The van der Waals surface area contributed by atoms with Crippen LogP contribution < -0.4 is 25.5 Å². The summed E-state index contributed by atoms with van der Waals surface area (Å²) in [7, 11) is 0. The lowest BCUT2D eigenvalue weighted by atomic mass is 9.95. The lowest BCUT2D eigenvalue weighted by molar-refractivity contribution is -0.139. The number of nitrogens with one attached hydrogen (secondary N) is 3. The molecular formula is C36H36ClN5O5S. The smallest absolute Gasteiger partial charge is 0.338 e. The summed E-state index contributed by atoms with van der Waals surface area (Å²) in [6.07, 6.45) is 1.60. The molecule has 0 saturated heterocycles. The molecular weight excluding hydrogens is 650 g/mol. The third kappa shape index (κ3) is 8.04. The van der Waals surface area contributed by atoms with Crippen molar-refractivity contribution in [3.05, 3.63) is 123 Å². The van der Waals surface area contributed by atoms with E-state index in [1.165, 1.54) is 0 Å². The van der Waals surface area contributed by atoms with Gasteiger partial charge in [-0.2, -0.15) is 5.10 Å². The van der Waals surface area contributed by atoms with Crippen LogP contribution in [0.3, 0.4) is 0 Å². The molecule has 1 aliphatic rings. The van der Waals surface area contributed by atoms with Gasteiger partial charge in [0.15, 0.2) is 11.7 Å². The zero-order valence-electron chi connectivity index (χ0n) is 27.0. The largest absolute Gasteiger partial charge is 0.489 e. The zero-order valence-corrected chi connectivity index (χ0v) is 28.6. The number of para-hydroxylation sites is 1. The lowest BCUT2D eigenvalue weighted by Crippen LogP contribution is -2.45. The average molecular weight is 686 g/mol. The number of aromatic nitrogens is 1. The van der Waals surface area contributed by atoms with E-state index in [9.17, 15) is 9.59 Å². The van der Waals surface area contributed by atoms with Gasteiger partial charge in [-0.1, -0.05) is 48.0 Å². The van der Waals surface area contributed by atoms with Crippen molar-refractivity contribution in [2.24, 2.45) is 5.10 Å². The first kappa shape index (κ1) is 34.2. The monoisotopic (exact) mass is 685 g/mol. The number of rotatable bonds is 12. The van der Waals surface area contributed by atoms with E-state index in [1.807, 2.05) is 74.5 Å². The number of hydrogen-bond acceptors (Lipinski definition) is 7. The van der Waals surface area contributed by atoms with Gasteiger partial charge in [0.2, 0.25) is 0 Å². The van der Waals surface area contributed by atoms with E-state index < -0.39 is 17.9 Å². The minimum atomic E-state index is -0.623.